The lowest BCUT2D eigenvalue weighted by atomic mass is 9.90. The Kier molecular flexibility index (Phi) is 4.48. The standard InChI is InChI=1S/C14H26N2O3/c1-13(2,3)16-12(17)10-15-11-4-6-14(7-5-11)18-8-9-19-14/h11,15H,4-10H2,1-3H3,(H,16,17). The number of carbonyl (C=O) groups is 1. The van der Waals surface area contributed by atoms with Crippen LogP contribution in [0.25, 0.3) is 0 Å². The second kappa shape index (κ2) is 5.77. The highest BCUT2D eigenvalue weighted by molar-refractivity contribution is 5.78. The van der Waals surface area contributed by atoms with Gasteiger partial charge in [0.2, 0.25) is 5.91 Å². The number of hydrogen-bond donors (Lipinski definition) is 2. The first-order valence-corrected chi connectivity index (χ1v) is 7.21. The van der Waals surface area contributed by atoms with Crippen molar-refractivity contribution in [1.82, 2.24) is 10.6 Å². The van der Waals surface area contributed by atoms with Crippen LogP contribution in [0, 0.1) is 0 Å². The lowest BCUT2D eigenvalue weighted by molar-refractivity contribution is -0.179. The van der Waals surface area contributed by atoms with Crippen LogP contribution in [0.3, 0.4) is 0 Å². The van der Waals surface area contributed by atoms with Crippen LogP contribution in [0.1, 0.15) is 46.5 Å². The summed E-state index contributed by atoms with van der Waals surface area (Å²) in [7, 11) is 0. The molecule has 1 heterocycles. The fraction of sp³-hybridized carbons (Fsp3) is 0.929. The van der Waals surface area contributed by atoms with Crippen molar-refractivity contribution in [3.8, 4) is 0 Å². The van der Waals surface area contributed by atoms with E-state index in [0.717, 1.165) is 25.7 Å². The average Bonchev–Trinajstić information content (AvgIpc) is 2.75. The van der Waals surface area contributed by atoms with Gasteiger partial charge in [0.25, 0.3) is 0 Å². The molecule has 19 heavy (non-hydrogen) atoms. The van der Waals surface area contributed by atoms with E-state index >= 15 is 0 Å². The van der Waals surface area contributed by atoms with Gasteiger partial charge in [-0.25, -0.2) is 0 Å². The first-order valence-electron chi connectivity index (χ1n) is 7.21. The normalized spacial score (nSPS) is 23.7. The van der Waals surface area contributed by atoms with Crippen LogP contribution in [-0.2, 0) is 14.3 Å². The summed E-state index contributed by atoms with van der Waals surface area (Å²) in [4.78, 5) is 11.7. The van der Waals surface area contributed by atoms with Gasteiger partial charge >= 0.3 is 0 Å². The van der Waals surface area contributed by atoms with Crippen LogP contribution in [0.5, 0.6) is 0 Å². The van der Waals surface area contributed by atoms with Gasteiger partial charge in [0.05, 0.1) is 19.8 Å². The highest BCUT2D eigenvalue weighted by Gasteiger charge is 2.40. The van der Waals surface area contributed by atoms with Crippen LogP contribution in [0.4, 0.5) is 0 Å². The molecular formula is C14H26N2O3. The molecule has 2 rings (SSSR count). The molecule has 1 amide bonds. The molecule has 1 aliphatic heterocycles. The molecule has 1 saturated carbocycles. The maximum absolute atomic E-state index is 11.7. The summed E-state index contributed by atoms with van der Waals surface area (Å²) >= 11 is 0. The van der Waals surface area contributed by atoms with Gasteiger partial charge < -0.3 is 20.1 Å². The summed E-state index contributed by atoms with van der Waals surface area (Å²) in [6.07, 6.45) is 3.85. The van der Waals surface area contributed by atoms with Gasteiger partial charge in [-0.15, -0.1) is 0 Å². The van der Waals surface area contributed by atoms with E-state index < -0.39 is 0 Å². The van der Waals surface area contributed by atoms with Gasteiger partial charge in [0.15, 0.2) is 5.79 Å². The average molecular weight is 270 g/mol. The van der Waals surface area contributed by atoms with Crippen LogP contribution >= 0.6 is 0 Å². The van der Waals surface area contributed by atoms with Crippen molar-refractivity contribution >= 4 is 5.91 Å². The number of nitrogens with one attached hydrogen (secondary N) is 2. The second-order valence-electron chi connectivity index (χ2n) is 6.56. The van der Waals surface area contributed by atoms with Crippen LogP contribution in [0.15, 0.2) is 0 Å². The van der Waals surface area contributed by atoms with Gasteiger partial charge in [-0.1, -0.05) is 0 Å². The molecular weight excluding hydrogens is 244 g/mol. The first-order chi connectivity index (χ1) is 8.89. The van der Waals surface area contributed by atoms with Gasteiger partial charge in [0, 0.05) is 24.4 Å². The minimum Gasteiger partial charge on any atom is -0.350 e. The van der Waals surface area contributed by atoms with Crippen LogP contribution in [-0.4, -0.2) is 43.0 Å². The zero-order valence-electron chi connectivity index (χ0n) is 12.3. The fourth-order valence-corrected chi connectivity index (χ4v) is 2.75. The molecule has 5 heteroatoms. The van der Waals surface area contributed by atoms with Crippen molar-refractivity contribution in [2.24, 2.45) is 0 Å². The van der Waals surface area contributed by atoms with Crippen molar-refractivity contribution in [2.75, 3.05) is 19.8 Å². The Bertz CT molecular complexity index is 309. The second-order valence-corrected chi connectivity index (χ2v) is 6.56. The van der Waals surface area contributed by atoms with Gasteiger partial charge in [-0.3, -0.25) is 4.79 Å². The lowest BCUT2D eigenvalue weighted by Gasteiger charge is -2.35. The SMILES string of the molecule is CC(C)(C)NC(=O)CNC1CCC2(CC1)OCCO2. The minimum atomic E-state index is -0.314. The third-order valence-electron chi connectivity index (χ3n) is 3.63. The van der Waals surface area contributed by atoms with Crippen LogP contribution < -0.4 is 10.6 Å². The largest absolute Gasteiger partial charge is 0.350 e. The summed E-state index contributed by atoms with van der Waals surface area (Å²) in [6.45, 7) is 7.78. The Hall–Kier alpha value is -0.650. The smallest absolute Gasteiger partial charge is 0.234 e. The van der Waals surface area contributed by atoms with E-state index in [1.165, 1.54) is 0 Å². The third kappa shape index (κ3) is 4.44. The van der Waals surface area contributed by atoms with Crippen molar-refractivity contribution in [2.45, 2.75) is 63.8 Å². The predicted molar refractivity (Wildman–Crippen MR) is 72.8 cm³/mol. The predicted octanol–water partition coefficient (Wildman–Crippen LogP) is 1.18. The van der Waals surface area contributed by atoms with E-state index in [-0.39, 0.29) is 17.2 Å². The van der Waals surface area contributed by atoms with E-state index in [0.29, 0.717) is 25.8 Å². The molecule has 2 fully saturated rings. The number of carbonyl (C=O) groups excluding carboxylic acids is 1. The molecule has 0 aromatic carbocycles. The van der Waals surface area contributed by atoms with Crippen molar-refractivity contribution in [3.63, 3.8) is 0 Å². The Balaban J connectivity index is 1.67. The zero-order valence-corrected chi connectivity index (χ0v) is 12.3. The summed E-state index contributed by atoms with van der Waals surface area (Å²) in [6, 6.07) is 0.393. The fourth-order valence-electron chi connectivity index (χ4n) is 2.75. The van der Waals surface area contributed by atoms with Gasteiger partial charge in [-0.2, -0.15) is 0 Å². The molecule has 1 spiro atoms. The summed E-state index contributed by atoms with van der Waals surface area (Å²) in [5.74, 6) is -0.257. The molecule has 0 aromatic rings. The van der Waals surface area contributed by atoms with Crippen molar-refractivity contribution in [3.05, 3.63) is 0 Å². The molecule has 0 radical (unpaired) electrons. The number of ether oxygens (including phenoxy) is 2. The molecule has 2 N–H and O–H groups in total. The molecule has 1 aliphatic carbocycles. The van der Waals surface area contributed by atoms with E-state index in [9.17, 15) is 4.79 Å². The lowest BCUT2D eigenvalue weighted by Crippen LogP contribution is -2.48. The highest BCUT2D eigenvalue weighted by atomic mass is 16.7. The summed E-state index contributed by atoms with van der Waals surface area (Å²) < 4.78 is 11.4. The molecule has 0 unspecified atom stereocenters. The molecule has 110 valence electrons. The molecule has 0 aromatic heterocycles. The van der Waals surface area contributed by atoms with Gasteiger partial charge in [-0.05, 0) is 33.6 Å². The number of rotatable bonds is 3. The zero-order chi connectivity index (χ0) is 13.9. The van der Waals surface area contributed by atoms with E-state index in [1.807, 2.05) is 20.8 Å². The molecule has 1 saturated heterocycles. The monoisotopic (exact) mass is 270 g/mol. The number of hydrogen-bond acceptors (Lipinski definition) is 4. The maximum Gasteiger partial charge on any atom is 0.234 e. The van der Waals surface area contributed by atoms with E-state index in [1.54, 1.807) is 0 Å². The van der Waals surface area contributed by atoms with Crippen molar-refractivity contribution < 1.29 is 14.3 Å². The minimum absolute atomic E-state index is 0.0566. The molecule has 0 atom stereocenters. The Morgan fingerprint density at radius 1 is 1.21 bits per heavy atom. The molecule has 0 bridgehead atoms. The summed E-state index contributed by atoms with van der Waals surface area (Å²) in [5.41, 5.74) is -0.166. The van der Waals surface area contributed by atoms with E-state index in [2.05, 4.69) is 10.6 Å². The Morgan fingerprint density at radius 2 is 1.79 bits per heavy atom. The van der Waals surface area contributed by atoms with Crippen LogP contribution in [0.2, 0.25) is 0 Å². The van der Waals surface area contributed by atoms with E-state index in [4.69, 9.17) is 9.47 Å². The topological polar surface area (TPSA) is 59.6 Å². The van der Waals surface area contributed by atoms with Gasteiger partial charge in [0.1, 0.15) is 0 Å². The quantitative estimate of drug-likeness (QED) is 0.808. The molecule has 5 nitrogen and oxygen atoms in total. The Labute approximate surface area is 115 Å². The highest BCUT2D eigenvalue weighted by Crippen LogP contribution is 2.35. The van der Waals surface area contributed by atoms with Crippen molar-refractivity contribution in [1.29, 1.82) is 0 Å². The third-order valence-corrected chi connectivity index (χ3v) is 3.63. The summed E-state index contributed by atoms with van der Waals surface area (Å²) in [5, 5.41) is 6.28. The Morgan fingerprint density at radius 3 is 2.32 bits per heavy atom. The molecule has 2 aliphatic rings. The number of amides is 1. The first kappa shape index (κ1) is 14.8. The maximum atomic E-state index is 11.7.